The largest absolute Gasteiger partial charge is 0.497 e. The Balaban J connectivity index is 1.53. The van der Waals surface area contributed by atoms with E-state index in [0.717, 1.165) is 16.9 Å². The van der Waals surface area contributed by atoms with Crippen LogP contribution in [0.4, 0.5) is 0 Å². The summed E-state index contributed by atoms with van der Waals surface area (Å²) in [5.41, 5.74) is 2.07. The van der Waals surface area contributed by atoms with Crippen LogP contribution in [0.15, 0.2) is 59.1 Å². The fourth-order valence-electron chi connectivity index (χ4n) is 3.35. The number of nitrogens with zero attached hydrogens (tertiary/aromatic N) is 3. The molecule has 0 bridgehead atoms. The van der Waals surface area contributed by atoms with Crippen LogP contribution in [-0.4, -0.2) is 39.9 Å². The Bertz CT molecular complexity index is 848. The molecule has 134 valence electrons. The third-order valence-corrected chi connectivity index (χ3v) is 4.68. The maximum atomic E-state index is 10.2. The van der Waals surface area contributed by atoms with Crippen molar-refractivity contribution in [1.29, 1.82) is 0 Å². The molecule has 1 aliphatic heterocycles. The first-order valence-corrected chi connectivity index (χ1v) is 8.67. The average Bonchev–Trinajstić information content (AvgIpc) is 3.30. The number of aliphatic hydroxyl groups excluding tert-OH is 1. The second-order valence-corrected chi connectivity index (χ2v) is 6.51. The third-order valence-electron chi connectivity index (χ3n) is 4.68. The molecular formula is C20H21N3O3. The molecule has 0 saturated carbocycles. The maximum absolute atomic E-state index is 10.2. The highest BCUT2D eigenvalue weighted by molar-refractivity contribution is 5.53. The van der Waals surface area contributed by atoms with Crippen molar-refractivity contribution >= 4 is 0 Å². The normalized spacial score (nSPS) is 20.4. The Morgan fingerprint density at radius 3 is 2.65 bits per heavy atom. The first-order chi connectivity index (χ1) is 12.7. The summed E-state index contributed by atoms with van der Waals surface area (Å²) in [6, 6.07) is 17.6. The highest BCUT2D eigenvalue weighted by Gasteiger charge is 2.35. The average molecular weight is 351 g/mol. The van der Waals surface area contributed by atoms with E-state index in [1.54, 1.807) is 7.11 Å². The van der Waals surface area contributed by atoms with Crippen molar-refractivity contribution in [3.63, 3.8) is 0 Å². The minimum atomic E-state index is -0.398. The SMILES string of the molecule is COc1ccc(CN2CC(O)CC2c2nc(-c3ccccc3)no2)cc1. The van der Waals surface area contributed by atoms with Crippen LogP contribution in [0.3, 0.4) is 0 Å². The number of ether oxygens (including phenoxy) is 1. The predicted molar refractivity (Wildman–Crippen MR) is 96.5 cm³/mol. The first kappa shape index (κ1) is 16.8. The van der Waals surface area contributed by atoms with Crippen LogP contribution in [0.2, 0.25) is 0 Å². The number of hydrogen-bond acceptors (Lipinski definition) is 6. The molecule has 0 aliphatic carbocycles. The highest BCUT2D eigenvalue weighted by Crippen LogP contribution is 2.33. The lowest BCUT2D eigenvalue weighted by atomic mass is 10.1. The Labute approximate surface area is 152 Å². The second kappa shape index (κ2) is 7.27. The molecule has 26 heavy (non-hydrogen) atoms. The molecule has 0 radical (unpaired) electrons. The molecular weight excluding hydrogens is 330 g/mol. The van der Waals surface area contributed by atoms with Crippen molar-refractivity contribution in [2.24, 2.45) is 0 Å². The standard InChI is InChI=1S/C20H21N3O3/c1-25-17-9-7-14(8-10-17)12-23-13-16(24)11-18(23)20-21-19(22-26-20)15-5-3-2-4-6-15/h2-10,16,18,24H,11-13H2,1H3. The number of hydrogen-bond donors (Lipinski definition) is 1. The number of β-amino-alcohol motifs (C(OH)–C–C–N with tert-alkyl or cyclic N) is 1. The number of rotatable bonds is 5. The van der Waals surface area contributed by atoms with Crippen LogP contribution in [0.1, 0.15) is 23.9 Å². The lowest BCUT2D eigenvalue weighted by molar-refractivity contribution is 0.169. The van der Waals surface area contributed by atoms with Gasteiger partial charge in [0.2, 0.25) is 11.7 Å². The van der Waals surface area contributed by atoms with Crippen molar-refractivity contribution in [2.75, 3.05) is 13.7 Å². The number of benzene rings is 2. The van der Waals surface area contributed by atoms with Gasteiger partial charge in [-0.15, -0.1) is 0 Å². The molecule has 6 heteroatoms. The van der Waals surface area contributed by atoms with Gasteiger partial charge in [-0.2, -0.15) is 4.98 Å². The van der Waals surface area contributed by atoms with Crippen molar-refractivity contribution in [1.82, 2.24) is 15.0 Å². The van der Waals surface area contributed by atoms with Crippen LogP contribution in [0.5, 0.6) is 5.75 Å². The predicted octanol–water partition coefficient (Wildman–Crippen LogP) is 3.05. The summed E-state index contributed by atoms with van der Waals surface area (Å²) in [4.78, 5) is 6.74. The molecule has 1 saturated heterocycles. The zero-order valence-electron chi connectivity index (χ0n) is 14.6. The molecule has 3 aromatic rings. The van der Waals surface area contributed by atoms with E-state index in [9.17, 15) is 5.11 Å². The lowest BCUT2D eigenvalue weighted by Gasteiger charge is -2.21. The van der Waals surface area contributed by atoms with Crippen LogP contribution in [0, 0.1) is 0 Å². The topological polar surface area (TPSA) is 71.6 Å². The van der Waals surface area contributed by atoms with E-state index in [1.807, 2.05) is 54.6 Å². The summed E-state index contributed by atoms with van der Waals surface area (Å²) in [5.74, 6) is 1.96. The Morgan fingerprint density at radius 2 is 1.92 bits per heavy atom. The minimum Gasteiger partial charge on any atom is -0.497 e. The molecule has 0 amide bonds. The van der Waals surface area contributed by atoms with E-state index in [4.69, 9.17) is 9.26 Å². The molecule has 1 aliphatic rings. The van der Waals surface area contributed by atoms with Gasteiger partial charge in [0.25, 0.3) is 0 Å². The van der Waals surface area contributed by atoms with E-state index in [-0.39, 0.29) is 6.04 Å². The van der Waals surface area contributed by atoms with Gasteiger partial charge >= 0.3 is 0 Å². The van der Waals surface area contributed by atoms with E-state index < -0.39 is 6.10 Å². The van der Waals surface area contributed by atoms with Crippen molar-refractivity contribution in [3.8, 4) is 17.1 Å². The van der Waals surface area contributed by atoms with E-state index in [1.165, 1.54) is 0 Å². The molecule has 1 aromatic heterocycles. The Kier molecular flexibility index (Phi) is 4.69. The first-order valence-electron chi connectivity index (χ1n) is 8.67. The Hall–Kier alpha value is -2.70. The monoisotopic (exact) mass is 351 g/mol. The van der Waals surface area contributed by atoms with E-state index in [0.29, 0.717) is 31.2 Å². The summed E-state index contributed by atoms with van der Waals surface area (Å²) in [7, 11) is 1.65. The van der Waals surface area contributed by atoms with Crippen LogP contribution in [-0.2, 0) is 6.54 Å². The van der Waals surface area contributed by atoms with E-state index >= 15 is 0 Å². The van der Waals surface area contributed by atoms with Crippen molar-refractivity contribution in [3.05, 3.63) is 66.1 Å². The second-order valence-electron chi connectivity index (χ2n) is 6.51. The van der Waals surface area contributed by atoms with Crippen molar-refractivity contribution < 1.29 is 14.4 Å². The van der Waals surface area contributed by atoms with Gasteiger partial charge in [-0.1, -0.05) is 47.6 Å². The number of methoxy groups -OCH3 is 1. The summed E-state index contributed by atoms with van der Waals surface area (Å²) >= 11 is 0. The summed E-state index contributed by atoms with van der Waals surface area (Å²) < 4.78 is 10.7. The smallest absolute Gasteiger partial charge is 0.244 e. The molecule has 6 nitrogen and oxygen atoms in total. The minimum absolute atomic E-state index is 0.0861. The van der Waals surface area contributed by atoms with Gasteiger partial charge in [0.1, 0.15) is 5.75 Å². The fourth-order valence-corrected chi connectivity index (χ4v) is 3.35. The van der Waals surface area contributed by atoms with Gasteiger partial charge in [0.15, 0.2) is 0 Å². The zero-order valence-corrected chi connectivity index (χ0v) is 14.6. The zero-order chi connectivity index (χ0) is 17.9. The van der Waals surface area contributed by atoms with Crippen LogP contribution in [0.25, 0.3) is 11.4 Å². The molecule has 1 fully saturated rings. The van der Waals surface area contributed by atoms with Crippen molar-refractivity contribution in [2.45, 2.75) is 25.1 Å². The fraction of sp³-hybridized carbons (Fsp3) is 0.300. The maximum Gasteiger partial charge on any atom is 0.244 e. The van der Waals surface area contributed by atoms with Gasteiger partial charge in [-0.3, -0.25) is 4.90 Å². The molecule has 2 atom stereocenters. The van der Waals surface area contributed by atoms with Gasteiger partial charge in [-0.25, -0.2) is 0 Å². The van der Waals surface area contributed by atoms with Gasteiger partial charge in [0.05, 0.1) is 19.3 Å². The molecule has 2 heterocycles. The number of aromatic nitrogens is 2. The Morgan fingerprint density at radius 1 is 1.15 bits per heavy atom. The lowest BCUT2D eigenvalue weighted by Crippen LogP contribution is -2.24. The molecule has 4 rings (SSSR count). The number of likely N-dealkylation sites (tertiary alicyclic amines) is 1. The molecule has 2 unspecified atom stereocenters. The summed E-state index contributed by atoms with van der Waals surface area (Å²) in [6.45, 7) is 1.29. The molecule has 0 spiro atoms. The van der Waals surface area contributed by atoms with Gasteiger partial charge in [0, 0.05) is 18.7 Å². The summed E-state index contributed by atoms with van der Waals surface area (Å²) in [5, 5.41) is 14.3. The van der Waals surface area contributed by atoms with E-state index in [2.05, 4.69) is 15.0 Å². The van der Waals surface area contributed by atoms with Crippen LogP contribution < -0.4 is 4.74 Å². The molecule has 1 N–H and O–H groups in total. The third kappa shape index (κ3) is 3.47. The van der Waals surface area contributed by atoms with Gasteiger partial charge < -0.3 is 14.4 Å². The molecule has 2 aromatic carbocycles. The quantitative estimate of drug-likeness (QED) is 0.762. The highest BCUT2D eigenvalue weighted by atomic mass is 16.5. The summed E-state index contributed by atoms with van der Waals surface area (Å²) in [6.07, 6.45) is 0.192. The van der Waals surface area contributed by atoms with Crippen LogP contribution >= 0.6 is 0 Å². The number of aliphatic hydroxyl groups is 1. The van der Waals surface area contributed by atoms with Gasteiger partial charge in [-0.05, 0) is 24.1 Å².